The van der Waals surface area contributed by atoms with Crippen molar-refractivity contribution in [3.63, 3.8) is 0 Å². The summed E-state index contributed by atoms with van der Waals surface area (Å²) >= 11 is 0. The molecule has 0 N–H and O–H groups in total. The van der Waals surface area contributed by atoms with Crippen molar-refractivity contribution in [2.24, 2.45) is 5.92 Å². The van der Waals surface area contributed by atoms with Gasteiger partial charge in [-0.05, 0) is 6.07 Å². The van der Waals surface area contributed by atoms with E-state index in [4.69, 9.17) is 0 Å². The van der Waals surface area contributed by atoms with Crippen LogP contribution in [0.2, 0.25) is 0 Å². The summed E-state index contributed by atoms with van der Waals surface area (Å²) in [5.74, 6) is -0.0719. The number of aromatic nitrogens is 3. The first-order valence-electron chi connectivity index (χ1n) is 5.41. The van der Waals surface area contributed by atoms with Gasteiger partial charge in [0.25, 0.3) is 5.56 Å². The molecule has 0 unspecified atom stereocenters. The summed E-state index contributed by atoms with van der Waals surface area (Å²) in [6, 6.07) is 1.61. The number of ketones is 1. The molecule has 0 saturated carbocycles. The van der Waals surface area contributed by atoms with Crippen molar-refractivity contribution in [3.8, 4) is 0 Å². The maximum atomic E-state index is 12.0. The van der Waals surface area contributed by atoms with Gasteiger partial charge in [-0.1, -0.05) is 13.8 Å². The lowest BCUT2D eigenvalue weighted by molar-refractivity contribution is -0.122. The molecular formula is C12H13N3O2. The summed E-state index contributed by atoms with van der Waals surface area (Å²) in [6.07, 6.45) is 4.47. The van der Waals surface area contributed by atoms with E-state index in [0.717, 1.165) is 0 Å². The summed E-state index contributed by atoms with van der Waals surface area (Å²) in [5.41, 5.74) is 0.345. The Morgan fingerprint density at radius 3 is 2.94 bits per heavy atom. The van der Waals surface area contributed by atoms with E-state index in [-0.39, 0.29) is 23.8 Å². The SMILES string of the molecule is CC(C)C(=O)Cn1cnc2cnccc2c1=O. The molecule has 2 rings (SSSR count). The van der Waals surface area contributed by atoms with E-state index in [1.54, 1.807) is 12.3 Å². The first-order chi connectivity index (χ1) is 8.09. The van der Waals surface area contributed by atoms with Crippen LogP contribution in [0.25, 0.3) is 10.9 Å². The van der Waals surface area contributed by atoms with Gasteiger partial charge in [0.05, 0.1) is 30.0 Å². The number of carbonyl (C=O) groups is 1. The van der Waals surface area contributed by atoms with Crippen LogP contribution >= 0.6 is 0 Å². The molecule has 0 amide bonds. The summed E-state index contributed by atoms with van der Waals surface area (Å²) < 4.78 is 1.34. The summed E-state index contributed by atoms with van der Waals surface area (Å²) in [4.78, 5) is 31.6. The molecule has 0 aromatic carbocycles. The minimum absolute atomic E-state index is 0.0160. The van der Waals surface area contributed by atoms with Gasteiger partial charge in [0.2, 0.25) is 0 Å². The Balaban J connectivity index is 2.47. The Bertz CT molecular complexity index is 616. The smallest absolute Gasteiger partial charge is 0.261 e. The molecule has 0 bridgehead atoms. The molecule has 0 aliphatic heterocycles. The van der Waals surface area contributed by atoms with Crippen molar-refractivity contribution in [3.05, 3.63) is 35.1 Å². The van der Waals surface area contributed by atoms with Crippen LogP contribution in [0.1, 0.15) is 13.8 Å². The second-order valence-electron chi connectivity index (χ2n) is 4.19. The van der Waals surface area contributed by atoms with Crippen molar-refractivity contribution in [1.29, 1.82) is 0 Å². The van der Waals surface area contributed by atoms with Gasteiger partial charge in [-0.3, -0.25) is 19.1 Å². The third kappa shape index (κ3) is 2.22. The molecule has 0 aliphatic rings. The number of nitrogens with zero attached hydrogens (tertiary/aromatic N) is 3. The monoisotopic (exact) mass is 231 g/mol. The zero-order valence-electron chi connectivity index (χ0n) is 9.75. The fraction of sp³-hybridized carbons (Fsp3) is 0.333. The van der Waals surface area contributed by atoms with Gasteiger partial charge < -0.3 is 0 Å². The number of pyridine rings is 1. The van der Waals surface area contributed by atoms with E-state index in [9.17, 15) is 9.59 Å². The number of hydrogen-bond acceptors (Lipinski definition) is 4. The van der Waals surface area contributed by atoms with Crippen molar-refractivity contribution in [2.75, 3.05) is 0 Å². The number of hydrogen-bond donors (Lipinski definition) is 0. The van der Waals surface area contributed by atoms with Gasteiger partial charge >= 0.3 is 0 Å². The summed E-state index contributed by atoms with van der Waals surface area (Å²) in [6.45, 7) is 3.69. The van der Waals surface area contributed by atoms with Crippen molar-refractivity contribution in [2.45, 2.75) is 20.4 Å². The highest BCUT2D eigenvalue weighted by atomic mass is 16.1. The van der Waals surface area contributed by atoms with Crippen molar-refractivity contribution >= 4 is 16.7 Å². The standard InChI is InChI=1S/C12H13N3O2/c1-8(2)11(16)6-15-7-14-10-5-13-4-3-9(10)12(15)17/h3-5,7-8H,6H2,1-2H3. The van der Waals surface area contributed by atoms with Crippen LogP contribution in [0, 0.1) is 5.92 Å². The van der Waals surface area contributed by atoms with E-state index < -0.39 is 0 Å². The van der Waals surface area contributed by atoms with Crippen molar-refractivity contribution < 1.29 is 4.79 Å². The molecule has 5 heteroatoms. The van der Waals surface area contributed by atoms with Gasteiger partial charge in [0.1, 0.15) is 0 Å². The highest BCUT2D eigenvalue weighted by Gasteiger charge is 2.10. The normalized spacial score (nSPS) is 11.0. The van der Waals surface area contributed by atoms with E-state index >= 15 is 0 Å². The van der Waals surface area contributed by atoms with Crippen LogP contribution in [0.3, 0.4) is 0 Å². The minimum Gasteiger partial charge on any atom is -0.297 e. The molecule has 17 heavy (non-hydrogen) atoms. The van der Waals surface area contributed by atoms with Gasteiger partial charge in [-0.25, -0.2) is 4.98 Å². The zero-order chi connectivity index (χ0) is 12.4. The Hall–Kier alpha value is -2.04. The molecular weight excluding hydrogens is 218 g/mol. The quantitative estimate of drug-likeness (QED) is 0.791. The average molecular weight is 231 g/mol. The van der Waals surface area contributed by atoms with Crippen LogP contribution in [0.15, 0.2) is 29.6 Å². The number of fused-ring (bicyclic) bond motifs is 1. The molecule has 0 atom stereocenters. The molecule has 0 fully saturated rings. The molecule has 88 valence electrons. The first kappa shape index (κ1) is 11.4. The van der Waals surface area contributed by atoms with E-state index in [2.05, 4.69) is 9.97 Å². The molecule has 0 aliphatic carbocycles. The molecule has 0 radical (unpaired) electrons. The second-order valence-corrected chi connectivity index (χ2v) is 4.19. The van der Waals surface area contributed by atoms with Crippen LogP contribution < -0.4 is 5.56 Å². The number of Topliss-reactive ketones (excluding diaryl/α,β-unsaturated/α-hetero) is 1. The predicted molar refractivity (Wildman–Crippen MR) is 63.6 cm³/mol. The number of carbonyl (C=O) groups excluding carboxylic acids is 1. The Kier molecular flexibility index (Phi) is 2.99. The fourth-order valence-electron chi connectivity index (χ4n) is 1.47. The Labute approximate surface area is 98.1 Å². The van der Waals surface area contributed by atoms with Gasteiger partial charge in [0, 0.05) is 12.1 Å². The summed E-state index contributed by atoms with van der Waals surface area (Å²) in [7, 11) is 0. The Morgan fingerprint density at radius 1 is 1.47 bits per heavy atom. The average Bonchev–Trinajstić information content (AvgIpc) is 2.33. The van der Waals surface area contributed by atoms with Crippen LogP contribution in [-0.2, 0) is 11.3 Å². The third-order valence-electron chi connectivity index (χ3n) is 2.60. The molecule has 0 spiro atoms. The highest BCUT2D eigenvalue weighted by molar-refractivity contribution is 5.81. The van der Waals surface area contributed by atoms with Crippen LogP contribution in [0.5, 0.6) is 0 Å². The predicted octanol–water partition coefficient (Wildman–Crippen LogP) is 1.02. The highest BCUT2D eigenvalue weighted by Crippen LogP contribution is 2.03. The maximum Gasteiger partial charge on any atom is 0.261 e. The lowest BCUT2D eigenvalue weighted by Gasteiger charge is -2.07. The van der Waals surface area contributed by atoms with Crippen molar-refractivity contribution in [1.82, 2.24) is 14.5 Å². The van der Waals surface area contributed by atoms with Crippen LogP contribution in [0.4, 0.5) is 0 Å². The van der Waals surface area contributed by atoms with Crippen LogP contribution in [-0.4, -0.2) is 20.3 Å². The molecule has 2 aromatic rings. The topological polar surface area (TPSA) is 64.8 Å². The maximum absolute atomic E-state index is 12.0. The summed E-state index contributed by atoms with van der Waals surface area (Å²) in [5, 5.41) is 0.485. The third-order valence-corrected chi connectivity index (χ3v) is 2.60. The Morgan fingerprint density at radius 2 is 2.24 bits per heavy atom. The largest absolute Gasteiger partial charge is 0.297 e. The van der Waals surface area contributed by atoms with E-state index in [1.165, 1.54) is 17.1 Å². The lowest BCUT2D eigenvalue weighted by Crippen LogP contribution is -2.26. The molecule has 2 aromatic heterocycles. The van der Waals surface area contributed by atoms with E-state index in [1.807, 2.05) is 13.8 Å². The molecule has 5 nitrogen and oxygen atoms in total. The molecule has 2 heterocycles. The number of rotatable bonds is 3. The zero-order valence-corrected chi connectivity index (χ0v) is 9.75. The second kappa shape index (κ2) is 4.45. The van der Waals surface area contributed by atoms with E-state index in [0.29, 0.717) is 10.9 Å². The first-order valence-corrected chi connectivity index (χ1v) is 5.41. The minimum atomic E-state index is -0.202. The lowest BCUT2D eigenvalue weighted by atomic mass is 10.1. The molecule has 0 saturated heterocycles. The van der Waals surface area contributed by atoms with Gasteiger partial charge in [-0.15, -0.1) is 0 Å². The van der Waals surface area contributed by atoms with Gasteiger partial charge in [-0.2, -0.15) is 0 Å². The fourth-order valence-corrected chi connectivity index (χ4v) is 1.47. The van der Waals surface area contributed by atoms with Gasteiger partial charge in [0.15, 0.2) is 5.78 Å².